The van der Waals surface area contributed by atoms with Gasteiger partial charge in [-0.15, -0.1) is 0 Å². The zero-order chi connectivity index (χ0) is 15.7. The topological polar surface area (TPSA) is 60.9 Å². The molecule has 0 saturated carbocycles. The number of piperidine rings is 1. The van der Waals surface area contributed by atoms with E-state index < -0.39 is 5.97 Å². The van der Waals surface area contributed by atoms with E-state index in [-0.39, 0.29) is 17.9 Å². The second-order valence-electron chi connectivity index (χ2n) is 6.36. The number of aliphatic carboxylic acids is 1. The van der Waals surface area contributed by atoms with Crippen molar-refractivity contribution in [3.63, 3.8) is 0 Å². The lowest BCUT2D eigenvalue weighted by atomic mass is 9.98. The number of hydrogen-bond donors (Lipinski definition) is 1. The maximum atomic E-state index is 12.7. The summed E-state index contributed by atoms with van der Waals surface area (Å²) in [4.78, 5) is 27.7. The van der Waals surface area contributed by atoms with Crippen LogP contribution in [-0.4, -0.2) is 47.6 Å². The average molecular weight is 302 g/mol. The van der Waals surface area contributed by atoms with Crippen molar-refractivity contribution in [2.45, 2.75) is 32.2 Å². The minimum atomic E-state index is -0.753. The Morgan fingerprint density at radius 2 is 2.09 bits per heavy atom. The Morgan fingerprint density at radius 3 is 2.86 bits per heavy atom. The lowest BCUT2D eigenvalue weighted by molar-refractivity contribution is -0.144. The van der Waals surface area contributed by atoms with Gasteiger partial charge in [0.05, 0.1) is 12.5 Å². The highest BCUT2D eigenvalue weighted by atomic mass is 16.4. The Morgan fingerprint density at radius 1 is 1.32 bits per heavy atom. The maximum absolute atomic E-state index is 12.7. The Hall–Kier alpha value is -1.88. The molecule has 5 nitrogen and oxygen atoms in total. The largest absolute Gasteiger partial charge is 0.481 e. The molecule has 1 amide bonds. The summed E-state index contributed by atoms with van der Waals surface area (Å²) in [5.41, 5.74) is 2.22. The van der Waals surface area contributed by atoms with Crippen molar-refractivity contribution in [1.82, 2.24) is 4.90 Å². The van der Waals surface area contributed by atoms with Gasteiger partial charge in [-0.3, -0.25) is 14.5 Å². The third-order valence-electron chi connectivity index (χ3n) is 4.69. The van der Waals surface area contributed by atoms with Crippen molar-refractivity contribution in [1.29, 1.82) is 0 Å². The molecule has 2 aliphatic rings. The molecule has 118 valence electrons. The number of likely N-dealkylation sites (tertiary alicyclic amines) is 1. The van der Waals surface area contributed by atoms with Gasteiger partial charge in [-0.2, -0.15) is 0 Å². The van der Waals surface area contributed by atoms with Gasteiger partial charge in [0.2, 0.25) is 5.91 Å². The van der Waals surface area contributed by atoms with Crippen LogP contribution in [0.25, 0.3) is 0 Å². The molecular formula is C17H22N2O3. The highest BCUT2D eigenvalue weighted by molar-refractivity contribution is 5.97. The molecule has 1 aromatic rings. The van der Waals surface area contributed by atoms with Gasteiger partial charge < -0.3 is 10.0 Å². The number of fused-ring (bicyclic) bond motifs is 1. The van der Waals surface area contributed by atoms with Gasteiger partial charge in [-0.05, 0) is 44.4 Å². The Kier molecular flexibility index (Phi) is 4.16. The molecule has 2 heterocycles. The predicted octanol–water partition coefficient (Wildman–Crippen LogP) is 1.76. The lowest BCUT2D eigenvalue weighted by Crippen LogP contribution is -2.47. The first-order chi connectivity index (χ1) is 10.6. The van der Waals surface area contributed by atoms with Crippen LogP contribution >= 0.6 is 0 Å². The first-order valence-corrected chi connectivity index (χ1v) is 7.91. The number of carbonyl (C=O) groups excluding carboxylic acids is 1. The van der Waals surface area contributed by atoms with Crippen LogP contribution in [0.2, 0.25) is 0 Å². The molecule has 0 bridgehead atoms. The van der Waals surface area contributed by atoms with Gasteiger partial charge in [0.15, 0.2) is 0 Å². The molecular weight excluding hydrogens is 280 g/mol. The molecule has 5 heteroatoms. The highest BCUT2D eigenvalue weighted by Gasteiger charge is 2.33. The van der Waals surface area contributed by atoms with Crippen LogP contribution in [0.15, 0.2) is 24.3 Å². The third-order valence-corrected chi connectivity index (χ3v) is 4.69. The summed E-state index contributed by atoms with van der Waals surface area (Å²) in [5, 5.41) is 9.15. The summed E-state index contributed by atoms with van der Waals surface area (Å²) in [6, 6.07) is 8.19. The Bertz CT molecular complexity index is 587. The van der Waals surface area contributed by atoms with Crippen molar-refractivity contribution in [2.75, 3.05) is 24.5 Å². The zero-order valence-electron chi connectivity index (χ0n) is 12.9. The molecule has 0 aliphatic carbocycles. The van der Waals surface area contributed by atoms with Crippen LogP contribution in [0.5, 0.6) is 0 Å². The predicted molar refractivity (Wildman–Crippen MR) is 83.9 cm³/mol. The number of carboxylic acids is 1. The van der Waals surface area contributed by atoms with Crippen molar-refractivity contribution in [3.8, 4) is 0 Å². The van der Waals surface area contributed by atoms with Crippen molar-refractivity contribution in [2.24, 2.45) is 5.92 Å². The van der Waals surface area contributed by atoms with Gasteiger partial charge >= 0.3 is 5.97 Å². The van der Waals surface area contributed by atoms with E-state index in [1.54, 1.807) is 0 Å². The molecule has 2 aliphatic heterocycles. The van der Waals surface area contributed by atoms with E-state index in [9.17, 15) is 9.59 Å². The van der Waals surface area contributed by atoms with Gasteiger partial charge in [-0.1, -0.05) is 18.2 Å². The number of hydrogen-bond acceptors (Lipinski definition) is 3. The molecule has 1 N–H and O–H groups in total. The number of carbonyl (C=O) groups is 2. The first kappa shape index (κ1) is 15.0. The van der Waals surface area contributed by atoms with Crippen LogP contribution in [0, 0.1) is 5.92 Å². The Labute approximate surface area is 130 Å². The summed E-state index contributed by atoms with van der Waals surface area (Å²) >= 11 is 0. The summed E-state index contributed by atoms with van der Waals surface area (Å²) in [7, 11) is 0. The molecule has 1 aromatic carbocycles. The molecule has 0 spiro atoms. The summed E-state index contributed by atoms with van der Waals surface area (Å²) in [5.74, 6) is -1.02. The third kappa shape index (κ3) is 2.86. The second kappa shape index (κ2) is 6.08. The number of benzene rings is 1. The fourth-order valence-electron chi connectivity index (χ4n) is 3.61. The average Bonchev–Trinajstić information content (AvgIpc) is 2.83. The molecule has 0 aromatic heterocycles. The lowest BCUT2D eigenvalue weighted by Gasteiger charge is -2.32. The smallest absolute Gasteiger partial charge is 0.307 e. The van der Waals surface area contributed by atoms with E-state index in [4.69, 9.17) is 5.11 Å². The fourth-order valence-corrected chi connectivity index (χ4v) is 3.61. The minimum Gasteiger partial charge on any atom is -0.481 e. The summed E-state index contributed by atoms with van der Waals surface area (Å²) in [6.45, 7) is 3.65. The Balaban J connectivity index is 1.68. The number of para-hydroxylation sites is 1. The van der Waals surface area contributed by atoms with Crippen LogP contribution in [-0.2, 0) is 16.0 Å². The quantitative estimate of drug-likeness (QED) is 0.924. The minimum absolute atomic E-state index is 0.0727. The summed E-state index contributed by atoms with van der Waals surface area (Å²) < 4.78 is 0. The van der Waals surface area contributed by atoms with Crippen molar-refractivity contribution in [3.05, 3.63) is 29.8 Å². The van der Waals surface area contributed by atoms with E-state index in [1.165, 1.54) is 5.56 Å². The van der Waals surface area contributed by atoms with Crippen LogP contribution in [0.3, 0.4) is 0 Å². The molecule has 1 saturated heterocycles. The second-order valence-corrected chi connectivity index (χ2v) is 6.36. The van der Waals surface area contributed by atoms with Crippen LogP contribution in [0.4, 0.5) is 5.69 Å². The van der Waals surface area contributed by atoms with E-state index in [0.717, 1.165) is 25.1 Å². The van der Waals surface area contributed by atoms with Crippen molar-refractivity contribution >= 4 is 17.6 Å². The zero-order valence-corrected chi connectivity index (χ0v) is 12.9. The fraction of sp³-hybridized carbons (Fsp3) is 0.529. The van der Waals surface area contributed by atoms with Crippen molar-refractivity contribution < 1.29 is 14.7 Å². The number of rotatable bonds is 3. The van der Waals surface area contributed by atoms with E-state index in [2.05, 4.69) is 13.0 Å². The molecule has 1 fully saturated rings. The number of nitrogens with zero attached hydrogens (tertiary/aromatic N) is 2. The number of amides is 1. The van der Waals surface area contributed by atoms with Gasteiger partial charge in [0, 0.05) is 18.3 Å². The number of carboxylic acid groups (broad SMARTS) is 1. The maximum Gasteiger partial charge on any atom is 0.307 e. The van der Waals surface area contributed by atoms with Gasteiger partial charge in [0.25, 0.3) is 0 Å². The van der Waals surface area contributed by atoms with Gasteiger partial charge in [0.1, 0.15) is 0 Å². The van der Waals surface area contributed by atoms with Crippen LogP contribution < -0.4 is 4.90 Å². The standard InChI is InChI=1S/C17H22N2O3/c1-12-9-13-5-2-3-7-15(13)19(12)16(20)11-18-8-4-6-14(10-18)17(21)22/h2-3,5,7,12,14H,4,6,8-11H2,1H3,(H,21,22)/t12-,14+/m0/s1. The number of anilines is 1. The van der Waals surface area contributed by atoms with Gasteiger partial charge in [-0.25, -0.2) is 0 Å². The molecule has 0 radical (unpaired) electrons. The monoisotopic (exact) mass is 302 g/mol. The molecule has 2 atom stereocenters. The normalized spacial score (nSPS) is 25.0. The highest BCUT2D eigenvalue weighted by Crippen LogP contribution is 2.32. The summed E-state index contributed by atoms with van der Waals surface area (Å²) in [6.07, 6.45) is 2.44. The SMILES string of the molecule is C[C@H]1Cc2ccccc2N1C(=O)CN1CCC[C@@H](C(=O)O)C1. The molecule has 0 unspecified atom stereocenters. The van der Waals surface area contributed by atoms with E-state index >= 15 is 0 Å². The van der Waals surface area contributed by atoms with E-state index in [0.29, 0.717) is 19.5 Å². The van der Waals surface area contributed by atoms with E-state index in [1.807, 2.05) is 28.0 Å². The van der Waals surface area contributed by atoms with Crippen LogP contribution in [0.1, 0.15) is 25.3 Å². The molecule has 3 rings (SSSR count). The molecule has 22 heavy (non-hydrogen) atoms. The first-order valence-electron chi connectivity index (χ1n) is 7.91.